The van der Waals surface area contributed by atoms with Crippen molar-refractivity contribution in [3.05, 3.63) is 23.4 Å². The lowest BCUT2D eigenvalue weighted by Crippen LogP contribution is -2.44. The molecule has 1 N–H and O–H groups in total. The molecular weight excluding hydrogens is 310 g/mol. The lowest BCUT2D eigenvalue weighted by Gasteiger charge is -2.32. The molecule has 0 aromatic carbocycles. The number of carbonyl (C=O) groups is 1. The van der Waals surface area contributed by atoms with E-state index in [4.69, 9.17) is 11.6 Å². The molecule has 3 rings (SSSR count). The summed E-state index contributed by atoms with van der Waals surface area (Å²) in [5, 5.41) is 3.96. The molecule has 4 nitrogen and oxygen atoms in total. The van der Waals surface area contributed by atoms with Gasteiger partial charge in [-0.1, -0.05) is 37.3 Å². The number of nitrogens with one attached hydrogen (secondary N) is 1. The first-order chi connectivity index (χ1) is 11.2. The maximum absolute atomic E-state index is 12.5. The summed E-state index contributed by atoms with van der Waals surface area (Å²) in [4.78, 5) is 19.1. The Balaban J connectivity index is 1.48. The van der Waals surface area contributed by atoms with E-state index in [0.717, 1.165) is 44.6 Å². The number of pyridine rings is 1. The number of aromatic nitrogens is 1. The van der Waals surface area contributed by atoms with Gasteiger partial charge in [-0.25, -0.2) is 4.98 Å². The third-order valence-corrected chi connectivity index (χ3v) is 5.33. The highest BCUT2D eigenvalue weighted by molar-refractivity contribution is 6.30. The zero-order chi connectivity index (χ0) is 16.1. The average Bonchev–Trinajstić information content (AvgIpc) is 2.84. The Morgan fingerprint density at radius 3 is 2.39 bits per heavy atom. The van der Waals surface area contributed by atoms with Crippen molar-refractivity contribution in [3.63, 3.8) is 0 Å². The van der Waals surface area contributed by atoms with Crippen LogP contribution in [0.3, 0.4) is 0 Å². The standard InChI is InChI=1S/C18H26ClN3O/c19-15-7-8-17(20-13-15)22-11-9-14(10-12-22)18(23)21-16-5-3-1-2-4-6-16/h7-8,13-14,16H,1-6,9-12H2,(H,21,23). The minimum Gasteiger partial charge on any atom is -0.357 e. The Bertz CT molecular complexity index is 504. The van der Waals surface area contributed by atoms with E-state index >= 15 is 0 Å². The van der Waals surface area contributed by atoms with Crippen LogP contribution >= 0.6 is 11.6 Å². The van der Waals surface area contributed by atoms with Gasteiger partial charge in [0.05, 0.1) is 5.02 Å². The van der Waals surface area contributed by atoms with Crippen molar-refractivity contribution < 1.29 is 4.79 Å². The molecule has 0 unspecified atom stereocenters. The first-order valence-electron chi connectivity index (χ1n) is 8.89. The van der Waals surface area contributed by atoms with Gasteiger partial charge in [0.15, 0.2) is 0 Å². The van der Waals surface area contributed by atoms with Crippen molar-refractivity contribution in [1.29, 1.82) is 0 Å². The number of anilines is 1. The number of piperidine rings is 1. The molecule has 1 aromatic heterocycles. The molecule has 2 aliphatic rings. The van der Waals surface area contributed by atoms with Crippen molar-refractivity contribution >= 4 is 23.3 Å². The van der Waals surface area contributed by atoms with Crippen molar-refractivity contribution in [1.82, 2.24) is 10.3 Å². The van der Waals surface area contributed by atoms with Gasteiger partial charge in [0.1, 0.15) is 5.82 Å². The predicted molar refractivity (Wildman–Crippen MR) is 93.8 cm³/mol. The zero-order valence-electron chi connectivity index (χ0n) is 13.6. The van der Waals surface area contributed by atoms with Crippen LogP contribution in [0.25, 0.3) is 0 Å². The van der Waals surface area contributed by atoms with Crippen LogP contribution in [-0.2, 0) is 4.79 Å². The van der Waals surface area contributed by atoms with Gasteiger partial charge < -0.3 is 10.2 Å². The van der Waals surface area contributed by atoms with E-state index in [1.807, 2.05) is 12.1 Å². The average molecular weight is 336 g/mol. The fourth-order valence-corrected chi connectivity index (χ4v) is 3.78. The maximum Gasteiger partial charge on any atom is 0.223 e. The van der Waals surface area contributed by atoms with Gasteiger partial charge in [-0.2, -0.15) is 0 Å². The summed E-state index contributed by atoms with van der Waals surface area (Å²) < 4.78 is 0. The third-order valence-electron chi connectivity index (χ3n) is 5.10. The highest BCUT2D eigenvalue weighted by Gasteiger charge is 2.27. The summed E-state index contributed by atoms with van der Waals surface area (Å²) in [7, 11) is 0. The highest BCUT2D eigenvalue weighted by Crippen LogP contribution is 2.24. The third kappa shape index (κ3) is 4.60. The molecule has 1 aliphatic carbocycles. The van der Waals surface area contributed by atoms with Crippen molar-refractivity contribution in [2.24, 2.45) is 5.92 Å². The lowest BCUT2D eigenvalue weighted by molar-refractivity contribution is -0.126. The first-order valence-corrected chi connectivity index (χ1v) is 9.27. The van der Waals surface area contributed by atoms with E-state index in [1.54, 1.807) is 6.20 Å². The Morgan fingerprint density at radius 1 is 1.09 bits per heavy atom. The van der Waals surface area contributed by atoms with Gasteiger partial charge in [0.25, 0.3) is 0 Å². The van der Waals surface area contributed by atoms with Crippen LogP contribution in [0, 0.1) is 5.92 Å². The summed E-state index contributed by atoms with van der Waals surface area (Å²) in [6.07, 6.45) is 10.9. The van der Waals surface area contributed by atoms with Gasteiger partial charge in [-0.05, 0) is 37.8 Å². The number of halogens is 1. The second-order valence-corrected chi connectivity index (χ2v) is 7.23. The molecule has 23 heavy (non-hydrogen) atoms. The van der Waals surface area contributed by atoms with Crippen LogP contribution < -0.4 is 10.2 Å². The number of nitrogens with zero attached hydrogens (tertiary/aromatic N) is 2. The summed E-state index contributed by atoms with van der Waals surface area (Å²) in [6, 6.07) is 4.23. The summed E-state index contributed by atoms with van der Waals surface area (Å²) in [6.45, 7) is 1.77. The Labute approximate surface area is 143 Å². The van der Waals surface area contributed by atoms with Crippen LogP contribution in [-0.4, -0.2) is 30.0 Å². The van der Waals surface area contributed by atoms with E-state index in [9.17, 15) is 4.79 Å². The highest BCUT2D eigenvalue weighted by atomic mass is 35.5. The minimum atomic E-state index is 0.154. The Kier molecular flexibility index (Phi) is 5.76. The Morgan fingerprint density at radius 2 is 1.78 bits per heavy atom. The molecule has 0 radical (unpaired) electrons. The van der Waals surface area contributed by atoms with Gasteiger partial charge in [-0.15, -0.1) is 0 Å². The molecule has 2 heterocycles. The maximum atomic E-state index is 12.5. The fraction of sp³-hybridized carbons (Fsp3) is 0.667. The lowest BCUT2D eigenvalue weighted by atomic mass is 9.95. The van der Waals surface area contributed by atoms with Crippen LogP contribution in [0.4, 0.5) is 5.82 Å². The second-order valence-electron chi connectivity index (χ2n) is 6.79. The number of amides is 1. The number of carbonyl (C=O) groups excluding carboxylic acids is 1. The van der Waals surface area contributed by atoms with E-state index in [1.165, 1.54) is 25.7 Å². The van der Waals surface area contributed by atoms with E-state index in [2.05, 4.69) is 15.2 Å². The van der Waals surface area contributed by atoms with E-state index in [0.29, 0.717) is 11.1 Å². The van der Waals surface area contributed by atoms with E-state index < -0.39 is 0 Å². The molecule has 1 aliphatic heterocycles. The summed E-state index contributed by atoms with van der Waals surface area (Å²) in [5.41, 5.74) is 0. The molecule has 1 saturated heterocycles. The molecule has 0 spiro atoms. The van der Waals surface area contributed by atoms with Crippen LogP contribution in [0.2, 0.25) is 5.02 Å². The number of rotatable bonds is 3. The van der Waals surface area contributed by atoms with Gasteiger partial charge >= 0.3 is 0 Å². The monoisotopic (exact) mass is 335 g/mol. The first kappa shape index (κ1) is 16.6. The van der Waals surface area contributed by atoms with Gasteiger partial charge in [0, 0.05) is 31.2 Å². The molecule has 5 heteroatoms. The normalized spacial score (nSPS) is 21.0. The van der Waals surface area contributed by atoms with Crippen molar-refractivity contribution in [2.45, 2.75) is 57.4 Å². The molecule has 1 saturated carbocycles. The van der Waals surface area contributed by atoms with Crippen LogP contribution in [0.5, 0.6) is 0 Å². The molecule has 2 fully saturated rings. The van der Waals surface area contributed by atoms with Crippen LogP contribution in [0.15, 0.2) is 18.3 Å². The smallest absolute Gasteiger partial charge is 0.223 e. The van der Waals surface area contributed by atoms with E-state index in [-0.39, 0.29) is 11.8 Å². The molecular formula is C18H26ClN3O. The zero-order valence-corrected chi connectivity index (χ0v) is 14.4. The van der Waals surface area contributed by atoms with Gasteiger partial charge in [-0.3, -0.25) is 4.79 Å². The SMILES string of the molecule is O=C(NC1CCCCCC1)C1CCN(c2ccc(Cl)cn2)CC1. The van der Waals surface area contributed by atoms with Gasteiger partial charge in [0.2, 0.25) is 5.91 Å². The quantitative estimate of drug-likeness (QED) is 0.855. The second kappa shape index (κ2) is 8.00. The van der Waals surface area contributed by atoms with Crippen molar-refractivity contribution in [3.8, 4) is 0 Å². The topological polar surface area (TPSA) is 45.2 Å². The summed E-state index contributed by atoms with van der Waals surface area (Å²) >= 11 is 5.89. The summed E-state index contributed by atoms with van der Waals surface area (Å²) in [5.74, 6) is 1.37. The van der Waals surface area contributed by atoms with Crippen LogP contribution in [0.1, 0.15) is 51.4 Å². The minimum absolute atomic E-state index is 0.154. The molecule has 0 atom stereocenters. The molecule has 1 aromatic rings. The fourth-order valence-electron chi connectivity index (χ4n) is 3.67. The number of hydrogen-bond acceptors (Lipinski definition) is 3. The largest absolute Gasteiger partial charge is 0.357 e. The molecule has 1 amide bonds. The Hall–Kier alpha value is -1.29. The number of hydrogen-bond donors (Lipinski definition) is 1. The predicted octanol–water partition coefficient (Wildman–Crippen LogP) is 3.79. The van der Waals surface area contributed by atoms with Crippen molar-refractivity contribution in [2.75, 3.05) is 18.0 Å². The molecule has 0 bridgehead atoms. The molecule has 126 valence electrons.